The van der Waals surface area contributed by atoms with Crippen LogP contribution in [0, 0.1) is 0 Å². The molecule has 2 aromatic carbocycles. The van der Waals surface area contributed by atoms with E-state index in [2.05, 4.69) is 20.2 Å². The SMILES string of the molecule is COc1cc(OC)cc(C2CN(c3ncnc4cc(OC)c(OC)cc34)CCN2)c1. The minimum absolute atomic E-state index is 0.105. The number of hydrogen-bond donors (Lipinski definition) is 1. The second-order valence-corrected chi connectivity index (χ2v) is 7.02. The van der Waals surface area contributed by atoms with Crippen molar-refractivity contribution in [2.45, 2.75) is 6.04 Å². The molecule has 0 amide bonds. The lowest BCUT2D eigenvalue weighted by Crippen LogP contribution is -2.46. The second kappa shape index (κ2) is 8.62. The number of methoxy groups -OCH3 is 4. The topological polar surface area (TPSA) is 78.0 Å². The van der Waals surface area contributed by atoms with Gasteiger partial charge in [0.2, 0.25) is 0 Å². The Kier molecular flexibility index (Phi) is 5.76. The van der Waals surface area contributed by atoms with Gasteiger partial charge in [-0.2, -0.15) is 0 Å². The highest BCUT2D eigenvalue weighted by atomic mass is 16.5. The Bertz CT molecular complexity index is 1020. The summed E-state index contributed by atoms with van der Waals surface area (Å²) in [4.78, 5) is 11.3. The van der Waals surface area contributed by atoms with Crippen LogP contribution in [0.15, 0.2) is 36.7 Å². The van der Waals surface area contributed by atoms with Gasteiger partial charge in [-0.3, -0.25) is 0 Å². The lowest BCUT2D eigenvalue weighted by molar-refractivity contribution is 0.355. The first-order chi connectivity index (χ1) is 14.7. The number of benzene rings is 2. The molecule has 0 spiro atoms. The summed E-state index contributed by atoms with van der Waals surface area (Å²) in [5.41, 5.74) is 1.92. The summed E-state index contributed by atoms with van der Waals surface area (Å²) < 4.78 is 21.8. The molecule has 0 saturated carbocycles. The summed E-state index contributed by atoms with van der Waals surface area (Å²) in [5, 5.41) is 4.52. The average molecular weight is 410 g/mol. The molecule has 8 nitrogen and oxygen atoms in total. The van der Waals surface area contributed by atoms with E-state index in [0.717, 1.165) is 53.4 Å². The number of nitrogens with one attached hydrogen (secondary N) is 1. The third-order valence-electron chi connectivity index (χ3n) is 5.37. The van der Waals surface area contributed by atoms with Crippen molar-refractivity contribution >= 4 is 16.7 Å². The van der Waals surface area contributed by atoms with Crippen molar-refractivity contribution in [2.24, 2.45) is 0 Å². The van der Waals surface area contributed by atoms with Gasteiger partial charge in [0.1, 0.15) is 23.6 Å². The van der Waals surface area contributed by atoms with E-state index in [-0.39, 0.29) is 6.04 Å². The van der Waals surface area contributed by atoms with E-state index < -0.39 is 0 Å². The van der Waals surface area contributed by atoms with Gasteiger partial charge in [0.25, 0.3) is 0 Å². The van der Waals surface area contributed by atoms with Crippen molar-refractivity contribution < 1.29 is 18.9 Å². The van der Waals surface area contributed by atoms with Crippen LogP contribution in [0.2, 0.25) is 0 Å². The van der Waals surface area contributed by atoms with Gasteiger partial charge in [0.05, 0.1) is 40.0 Å². The lowest BCUT2D eigenvalue weighted by Gasteiger charge is -2.35. The summed E-state index contributed by atoms with van der Waals surface area (Å²) in [6.45, 7) is 2.40. The van der Waals surface area contributed by atoms with Crippen LogP contribution in [0.3, 0.4) is 0 Å². The van der Waals surface area contributed by atoms with E-state index in [1.807, 2.05) is 30.3 Å². The predicted molar refractivity (Wildman–Crippen MR) is 115 cm³/mol. The van der Waals surface area contributed by atoms with Crippen molar-refractivity contribution in [2.75, 3.05) is 53.0 Å². The maximum atomic E-state index is 5.49. The molecule has 0 radical (unpaired) electrons. The minimum Gasteiger partial charge on any atom is -0.497 e. The minimum atomic E-state index is 0.105. The summed E-state index contributed by atoms with van der Waals surface area (Å²) in [7, 11) is 6.57. The highest BCUT2D eigenvalue weighted by Crippen LogP contribution is 2.36. The number of ether oxygens (including phenoxy) is 4. The van der Waals surface area contributed by atoms with Crippen LogP contribution in [-0.2, 0) is 0 Å². The molecule has 1 aliphatic rings. The molecule has 0 aliphatic carbocycles. The smallest absolute Gasteiger partial charge is 0.162 e. The molecule has 30 heavy (non-hydrogen) atoms. The Morgan fingerprint density at radius 1 is 0.867 bits per heavy atom. The van der Waals surface area contributed by atoms with Crippen molar-refractivity contribution in [3.63, 3.8) is 0 Å². The summed E-state index contributed by atoms with van der Waals surface area (Å²) in [5.74, 6) is 3.73. The first-order valence-corrected chi connectivity index (χ1v) is 9.75. The van der Waals surface area contributed by atoms with Gasteiger partial charge in [-0.25, -0.2) is 9.97 Å². The number of anilines is 1. The van der Waals surface area contributed by atoms with Crippen molar-refractivity contribution in [1.82, 2.24) is 15.3 Å². The van der Waals surface area contributed by atoms with Crippen molar-refractivity contribution in [1.29, 1.82) is 0 Å². The Morgan fingerprint density at radius 2 is 1.57 bits per heavy atom. The van der Waals surface area contributed by atoms with Gasteiger partial charge in [0.15, 0.2) is 11.5 Å². The third-order valence-corrected chi connectivity index (χ3v) is 5.37. The fourth-order valence-corrected chi connectivity index (χ4v) is 3.82. The largest absolute Gasteiger partial charge is 0.497 e. The van der Waals surface area contributed by atoms with Gasteiger partial charge >= 0.3 is 0 Å². The molecule has 158 valence electrons. The maximum Gasteiger partial charge on any atom is 0.162 e. The van der Waals surface area contributed by atoms with E-state index in [4.69, 9.17) is 18.9 Å². The fraction of sp³-hybridized carbons (Fsp3) is 0.364. The molecule has 3 aromatic rings. The Labute approximate surface area is 175 Å². The first-order valence-electron chi connectivity index (χ1n) is 9.75. The van der Waals surface area contributed by atoms with Gasteiger partial charge < -0.3 is 29.2 Å². The molecule has 1 N–H and O–H groups in total. The van der Waals surface area contributed by atoms with Gasteiger partial charge in [-0.15, -0.1) is 0 Å². The normalized spacial score (nSPS) is 16.4. The number of piperazine rings is 1. The highest BCUT2D eigenvalue weighted by molar-refractivity contribution is 5.92. The molecule has 4 rings (SSSR count). The number of nitrogens with zero attached hydrogens (tertiary/aromatic N) is 3. The average Bonchev–Trinajstić information content (AvgIpc) is 2.82. The summed E-state index contributed by atoms with van der Waals surface area (Å²) in [6, 6.07) is 9.88. The van der Waals surface area contributed by atoms with Crippen LogP contribution in [0.5, 0.6) is 23.0 Å². The maximum absolute atomic E-state index is 5.49. The Hall–Kier alpha value is -3.26. The number of fused-ring (bicyclic) bond motifs is 1. The Balaban J connectivity index is 1.69. The van der Waals surface area contributed by atoms with E-state index in [1.165, 1.54) is 0 Å². The number of rotatable bonds is 6. The standard InChI is InChI=1S/C22H26N4O4/c1-27-15-7-14(8-16(9-15)28-2)19-12-26(6-5-23-19)22-17-10-20(29-3)21(30-4)11-18(17)24-13-25-22/h7-11,13,19,23H,5-6,12H2,1-4H3. The monoisotopic (exact) mass is 410 g/mol. The van der Waals surface area contributed by atoms with Gasteiger partial charge in [-0.05, 0) is 23.8 Å². The molecule has 1 aromatic heterocycles. The molecule has 1 unspecified atom stereocenters. The molecule has 2 heterocycles. The number of aromatic nitrogens is 2. The van der Waals surface area contributed by atoms with Crippen LogP contribution in [0.1, 0.15) is 11.6 Å². The van der Waals surface area contributed by atoms with E-state index in [9.17, 15) is 0 Å². The second-order valence-electron chi connectivity index (χ2n) is 7.02. The molecule has 1 atom stereocenters. The zero-order valence-corrected chi connectivity index (χ0v) is 17.6. The summed E-state index contributed by atoms with van der Waals surface area (Å²) >= 11 is 0. The Morgan fingerprint density at radius 3 is 2.23 bits per heavy atom. The molecule has 1 saturated heterocycles. The molecular weight excluding hydrogens is 384 g/mol. The summed E-state index contributed by atoms with van der Waals surface area (Å²) in [6.07, 6.45) is 1.59. The van der Waals surface area contributed by atoms with Crippen LogP contribution in [0.25, 0.3) is 10.9 Å². The zero-order chi connectivity index (χ0) is 21.1. The third kappa shape index (κ3) is 3.78. The van der Waals surface area contributed by atoms with Crippen LogP contribution >= 0.6 is 0 Å². The molecule has 1 fully saturated rings. The van der Waals surface area contributed by atoms with Gasteiger partial charge in [0, 0.05) is 37.2 Å². The quantitative estimate of drug-likeness (QED) is 0.665. The predicted octanol–water partition coefficient (Wildman–Crippen LogP) is 2.82. The van der Waals surface area contributed by atoms with E-state index >= 15 is 0 Å². The van der Waals surface area contributed by atoms with Crippen molar-refractivity contribution in [3.05, 3.63) is 42.2 Å². The fourth-order valence-electron chi connectivity index (χ4n) is 3.82. The molecule has 0 bridgehead atoms. The van der Waals surface area contributed by atoms with E-state index in [0.29, 0.717) is 11.5 Å². The molecular formula is C22H26N4O4. The first kappa shape index (κ1) is 20.0. The molecule has 1 aliphatic heterocycles. The number of hydrogen-bond acceptors (Lipinski definition) is 8. The zero-order valence-electron chi connectivity index (χ0n) is 17.6. The van der Waals surface area contributed by atoms with Crippen LogP contribution in [0.4, 0.5) is 5.82 Å². The molecule has 8 heteroatoms. The highest BCUT2D eigenvalue weighted by Gasteiger charge is 2.25. The lowest BCUT2D eigenvalue weighted by atomic mass is 10.0. The van der Waals surface area contributed by atoms with Gasteiger partial charge in [-0.1, -0.05) is 0 Å². The van der Waals surface area contributed by atoms with Crippen molar-refractivity contribution in [3.8, 4) is 23.0 Å². The van der Waals surface area contributed by atoms with E-state index in [1.54, 1.807) is 34.8 Å². The van der Waals surface area contributed by atoms with Crippen LogP contribution < -0.4 is 29.2 Å². The van der Waals surface area contributed by atoms with Crippen LogP contribution in [-0.4, -0.2) is 58.0 Å².